The summed E-state index contributed by atoms with van der Waals surface area (Å²) in [5.41, 5.74) is 0. The first-order valence-corrected chi connectivity index (χ1v) is 9.54. The van der Waals surface area contributed by atoms with Gasteiger partial charge >= 0.3 is 0 Å². The van der Waals surface area contributed by atoms with Crippen LogP contribution in [0.3, 0.4) is 0 Å². The van der Waals surface area contributed by atoms with Crippen molar-refractivity contribution in [3.8, 4) is 0 Å². The Bertz CT molecular complexity index is 352. The Morgan fingerprint density at radius 2 is 1.78 bits per heavy atom. The molecule has 0 aromatic heterocycles. The summed E-state index contributed by atoms with van der Waals surface area (Å²) in [6.45, 7) is 6.16. The van der Waals surface area contributed by atoms with E-state index in [2.05, 4.69) is 19.6 Å². The van der Waals surface area contributed by atoms with Gasteiger partial charge in [-0.05, 0) is 75.0 Å². The molecule has 2 fully saturated rings. The third kappa shape index (κ3) is 4.78. The summed E-state index contributed by atoms with van der Waals surface area (Å²) in [5.74, 6) is 2.02. The molecule has 2 aliphatic rings. The Kier molecular flexibility index (Phi) is 7.52. The SMILES string of the molecule is C=CC1CCC(C(CC)CC[C@@H]2CCC(OC)C(F)C2F)CC1. The summed E-state index contributed by atoms with van der Waals surface area (Å²) >= 11 is 0. The minimum absolute atomic E-state index is 0.116. The van der Waals surface area contributed by atoms with Gasteiger partial charge in [-0.25, -0.2) is 8.78 Å². The predicted molar refractivity (Wildman–Crippen MR) is 92.0 cm³/mol. The van der Waals surface area contributed by atoms with Gasteiger partial charge in [-0.15, -0.1) is 6.58 Å². The van der Waals surface area contributed by atoms with Crippen molar-refractivity contribution in [3.05, 3.63) is 12.7 Å². The van der Waals surface area contributed by atoms with Crippen molar-refractivity contribution < 1.29 is 13.5 Å². The van der Waals surface area contributed by atoms with E-state index in [0.29, 0.717) is 18.3 Å². The smallest absolute Gasteiger partial charge is 0.157 e. The fourth-order valence-corrected chi connectivity index (χ4v) is 4.77. The molecule has 0 aromatic carbocycles. The highest BCUT2D eigenvalue weighted by atomic mass is 19.2. The first kappa shape index (κ1) is 18.9. The summed E-state index contributed by atoms with van der Waals surface area (Å²) in [4.78, 5) is 0. The van der Waals surface area contributed by atoms with Crippen LogP contribution in [0, 0.1) is 23.7 Å². The topological polar surface area (TPSA) is 9.23 Å². The summed E-state index contributed by atoms with van der Waals surface area (Å²) in [7, 11) is 1.48. The minimum Gasteiger partial charge on any atom is -0.378 e. The Hall–Kier alpha value is -0.440. The molecule has 3 heteroatoms. The van der Waals surface area contributed by atoms with Crippen LogP contribution in [0.4, 0.5) is 8.78 Å². The molecule has 2 rings (SSSR count). The zero-order chi connectivity index (χ0) is 16.8. The molecule has 0 bridgehead atoms. The molecule has 23 heavy (non-hydrogen) atoms. The van der Waals surface area contributed by atoms with E-state index in [0.717, 1.165) is 31.6 Å². The molecule has 0 spiro atoms. The van der Waals surface area contributed by atoms with Crippen LogP contribution in [-0.4, -0.2) is 25.6 Å². The maximum absolute atomic E-state index is 14.3. The second kappa shape index (κ2) is 9.15. The van der Waals surface area contributed by atoms with Gasteiger partial charge < -0.3 is 4.74 Å². The number of ether oxygens (including phenoxy) is 1. The molecule has 0 aliphatic heterocycles. The van der Waals surface area contributed by atoms with E-state index in [1.807, 2.05) is 0 Å². The number of rotatable bonds is 7. The second-order valence-corrected chi connectivity index (χ2v) is 7.66. The van der Waals surface area contributed by atoms with E-state index in [1.165, 1.54) is 32.8 Å². The summed E-state index contributed by atoms with van der Waals surface area (Å²) in [5, 5.41) is 0. The molecule has 0 aromatic rings. The van der Waals surface area contributed by atoms with Crippen molar-refractivity contribution in [1.82, 2.24) is 0 Å². The van der Waals surface area contributed by atoms with Gasteiger partial charge in [-0.1, -0.05) is 19.4 Å². The maximum atomic E-state index is 14.3. The molecule has 1 nitrogen and oxygen atoms in total. The monoisotopic (exact) mass is 328 g/mol. The van der Waals surface area contributed by atoms with Gasteiger partial charge in [0, 0.05) is 7.11 Å². The summed E-state index contributed by atoms with van der Waals surface area (Å²) in [6, 6.07) is 0. The van der Waals surface area contributed by atoms with Crippen LogP contribution in [0.5, 0.6) is 0 Å². The average Bonchev–Trinajstić information content (AvgIpc) is 2.59. The van der Waals surface area contributed by atoms with Crippen molar-refractivity contribution in [2.75, 3.05) is 7.11 Å². The van der Waals surface area contributed by atoms with Crippen molar-refractivity contribution in [3.63, 3.8) is 0 Å². The first-order valence-electron chi connectivity index (χ1n) is 9.54. The van der Waals surface area contributed by atoms with E-state index >= 15 is 0 Å². The standard InChI is InChI=1S/C20H34F2O/c1-4-14-6-8-16(9-7-14)15(5-2)10-11-17-12-13-18(23-3)20(22)19(17)21/h4,14-20H,1,5-13H2,2-3H3/t14?,15?,16?,17-,18?,19?,20?/m1/s1. The lowest BCUT2D eigenvalue weighted by atomic mass is 9.72. The predicted octanol–water partition coefficient (Wildman–Crippen LogP) is 5.89. The van der Waals surface area contributed by atoms with Crippen LogP contribution in [0.15, 0.2) is 12.7 Å². The molecule has 134 valence electrons. The number of halogens is 2. The van der Waals surface area contributed by atoms with Crippen LogP contribution in [-0.2, 0) is 4.74 Å². The Morgan fingerprint density at radius 3 is 2.35 bits per heavy atom. The fourth-order valence-electron chi connectivity index (χ4n) is 4.77. The molecule has 2 aliphatic carbocycles. The highest BCUT2D eigenvalue weighted by Crippen LogP contribution is 2.40. The minimum atomic E-state index is -1.44. The maximum Gasteiger partial charge on any atom is 0.157 e. The number of alkyl halides is 2. The molecule has 0 saturated heterocycles. The fraction of sp³-hybridized carbons (Fsp3) is 0.900. The van der Waals surface area contributed by atoms with Crippen LogP contribution in [0.2, 0.25) is 0 Å². The Labute approximate surface area is 140 Å². The van der Waals surface area contributed by atoms with Gasteiger partial charge in [0.25, 0.3) is 0 Å². The number of allylic oxidation sites excluding steroid dienone is 1. The molecule has 4 unspecified atom stereocenters. The molecular formula is C20H34F2O. The zero-order valence-corrected chi connectivity index (χ0v) is 14.9. The van der Waals surface area contributed by atoms with Crippen LogP contribution >= 0.6 is 0 Å². The van der Waals surface area contributed by atoms with Crippen LogP contribution < -0.4 is 0 Å². The van der Waals surface area contributed by atoms with Gasteiger partial charge in [0.15, 0.2) is 6.17 Å². The highest BCUT2D eigenvalue weighted by molar-refractivity contribution is 4.90. The number of hydrogen-bond acceptors (Lipinski definition) is 1. The van der Waals surface area contributed by atoms with Crippen molar-refractivity contribution in [2.24, 2.45) is 23.7 Å². The van der Waals surface area contributed by atoms with E-state index in [9.17, 15) is 8.78 Å². The third-order valence-corrected chi connectivity index (χ3v) is 6.48. The highest BCUT2D eigenvalue weighted by Gasteiger charge is 2.40. The molecular weight excluding hydrogens is 294 g/mol. The largest absolute Gasteiger partial charge is 0.378 e. The molecule has 0 amide bonds. The lowest BCUT2D eigenvalue weighted by molar-refractivity contribution is -0.0585. The van der Waals surface area contributed by atoms with E-state index < -0.39 is 18.4 Å². The molecule has 2 saturated carbocycles. The van der Waals surface area contributed by atoms with Gasteiger partial charge in [0.1, 0.15) is 6.17 Å². The second-order valence-electron chi connectivity index (χ2n) is 7.66. The van der Waals surface area contributed by atoms with Gasteiger partial charge in [0.05, 0.1) is 6.10 Å². The van der Waals surface area contributed by atoms with Gasteiger partial charge in [-0.3, -0.25) is 0 Å². The normalized spacial score (nSPS) is 39.8. The van der Waals surface area contributed by atoms with Crippen molar-refractivity contribution in [2.45, 2.75) is 83.2 Å². The molecule has 0 heterocycles. The van der Waals surface area contributed by atoms with Crippen LogP contribution in [0.1, 0.15) is 64.7 Å². The third-order valence-electron chi connectivity index (χ3n) is 6.48. The molecule has 0 N–H and O–H groups in total. The lowest BCUT2D eigenvalue weighted by Crippen LogP contribution is -2.42. The molecule has 0 radical (unpaired) electrons. The summed E-state index contributed by atoms with van der Waals surface area (Å²) < 4.78 is 33.4. The van der Waals surface area contributed by atoms with Crippen molar-refractivity contribution in [1.29, 1.82) is 0 Å². The zero-order valence-electron chi connectivity index (χ0n) is 14.9. The van der Waals surface area contributed by atoms with E-state index in [4.69, 9.17) is 4.74 Å². The average molecular weight is 328 g/mol. The number of methoxy groups -OCH3 is 1. The first-order chi connectivity index (χ1) is 11.1. The lowest BCUT2D eigenvalue weighted by Gasteiger charge is -2.36. The van der Waals surface area contributed by atoms with Crippen LogP contribution in [0.25, 0.3) is 0 Å². The quantitative estimate of drug-likeness (QED) is 0.530. The Morgan fingerprint density at radius 1 is 1.09 bits per heavy atom. The number of hydrogen-bond donors (Lipinski definition) is 0. The van der Waals surface area contributed by atoms with Crippen molar-refractivity contribution >= 4 is 0 Å². The van der Waals surface area contributed by atoms with E-state index in [1.54, 1.807) is 0 Å². The van der Waals surface area contributed by atoms with E-state index in [-0.39, 0.29) is 5.92 Å². The summed E-state index contributed by atoms with van der Waals surface area (Å²) in [6.07, 6.45) is 8.28. The van der Waals surface area contributed by atoms with Gasteiger partial charge in [0.2, 0.25) is 0 Å². The molecule has 5 atom stereocenters. The Balaban J connectivity index is 1.80. The van der Waals surface area contributed by atoms with Gasteiger partial charge in [-0.2, -0.15) is 0 Å².